The van der Waals surface area contributed by atoms with Crippen molar-refractivity contribution in [3.05, 3.63) is 0 Å². The molecule has 0 saturated heterocycles. The normalized spacial score (nSPS) is 14.2. The highest BCUT2D eigenvalue weighted by Gasteiger charge is 2.16. The van der Waals surface area contributed by atoms with Gasteiger partial charge in [0.05, 0.1) is 17.2 Å². The van der Waals surface area contributed by atoms with Crippen molar-refractivity contribution in [3.63, 3.8) is 0 Å². The van der Waals surface area contributed by atoms with Crippen molar-refractivity contribution in [1.82, 2.24) is 0 Å². The molecule has 0 heterocycles. The number of hydrogen-bond donors (Lipinski definition) is 1. The van der Waals surface area contributed by atoms with Crippen LogP contribution in [0.2, 0.25) is 0 Å². The van der Waals surface area contributed by atoms with E-state index >= 15 is 0 Å². The van der Waals surface area contributed by atoms with Gasteiger partial charge in [-0.1, -0.05) is 0 Å². The van der Waals surface area contributed by atoms with Gasteiger partial charge in [0, 0.05) is 0 Å². The Morgan fingerprint density at radius 3 is 2.50 bits per heavy atom. The third-order valence-corrected chi connectivity index (χ3v) is 1.76. The topological polar surface area (TPSA) is 61.1 Å². The van der Waals surface area contributed by atoms with Crippen molar-refractivity contribution in [3.8, 4) is 6.07 Å². The molecule has 10 heavy (non-hydrogen) atoms. The van der Waals surface area contributed by atoms with Gasteiger partial charge >= 0.3 is 0 Å². The Morgan fingerprint density at radius 2 is 2.20 bits per heavy atom. The standard InChI is InChI=1S/C6H11NO2S/c1-6(2,5-7)3-4-10(8)9/h3-4H2,1-2H3,(H,8,9). The molecule has 0 aliphatic rings. The van der Waals surface area contributed by atoms with Gasteiger partial charge in [-0.15, -0.1) is 0 Å². The molecule has 0 amide bonds. The van der Waals surface area contributed by atoms with Crippen LogP contribution >= 0.6 is 0 Å². The highest BCUT2D eigenvalue weighted by atomic mass is 32.2. The van der Waals surface area contributed by atoms with E-state index in [-0.39, 0.29) is 5.75 Å². The first-order valence-electron chi connectivity index (χ1n) is 2.97. The second kappa shape index (κ2) is 3.69. The van der Waals surface area contributed by atoms with Crippen LogP contribution in [0, 0.1) is 16.7 Å². The summed E-state index contributed by atoms with van der Waals surface area (Å²) in [6, 6.07) is 2.05. The van der Waals surface area contributed by atoms with Crippen LogP contribution < -0.4 is 0 Å². The molecule has 1 N–H and O–H groups in total. The molecule has 1 atom stereocenters. The first-order valence-corrected chi connectivity index (χ1v) is 4.24. The van der Waals surface area contributed by atoms with Gasteiger partial charge < -0.3 is 4.55 Å². The Bertz CT molecular complexity index is 171. The summed E-state index contributed by atoms with van der Waals surface area (Å²) >= 11 is -1.76. The maximum atomic E-state index is 10.2. The van der Waals surface area contributed by atoms with Crippen molar-refractivity contribution < 1.29 is 8.76 Å². The molecule has 0 spiro atoms. The fourth-order valence-corrected chi connectivity index (χ4v) is 1.08. The number of hydrogen-bond acceptors (Lipinski definition) is 2. The average Bonchev–Trinajstić information content (AvgIpc) is 1.85. The Morgan fingerprint density at radius 1 is 1.70 bits per heavy atom. The van der Waals surface area contributed by atoms with Gasteiger partial charge in [0.15, 0.2) is 11.1 Å². The zero-order valence-electron chi connectivity index (χ0n) is 6.13. The van der Waals surface area contributed by atoms with E-state index in [4.69, 9.17) is 9.81 Å². The van der Waals surface area contributed by atoms with Gasteiger partial charge in [-0.2, -0.15) is 5.26 Å². The van der Waals surface area contributed by atoms with Crippen LogP contribution in [0.3, 0.4) is 0 Å². The largest absolute Gasteiger partial charge is 0.306 e. The molecule has 3 nitrogen and oxygen atoms in total. The number of nitriles is 1. The van der Waals surface area contributed by atoms with E-state index in [0.29, 0.717) is 6.42 Å². The van der Waals surface area contributed by atoms with E-state index < -0.39 is 16.5 Å². The van der Waals surface area contributed by atoms with E-state index in [1.54, 1.807) is 13.8 Å². The molecule has 0 bridgehead atoms. The Labute approximate surface area is 63.3 Å². The average molecular weight is 161 g/mol. The number of rotatable bonds is 3. The van der Waals surface area contributed by atoms with Crippen molar-refractivity contribution in [1.29, 1.82) is 5.26 Å². The summed E-state index contributed by atoms with van der Waals surface area (Å²) in [5.74, 6) is 0.181. The third kappa shape index (κ3) is 4.48. The van der Waals surface area contributed by atoms with Crippen LogP contribution in [0.5, 0.6) is 0 Å². The highest BCUT2D eigenvalue weighted by Crippen LogP contribution is 2.18. The molecule has 0 fully saturated rings. The van der Waals surface area contributed by atoms with Gasteiger partial charge in [-0.25, -0.2) is 4.21 Å². The second-order valence-corrected chi connectivity index (χ2v) is 3.82. The first kappa shape index (κ1) is 9.60. The highest BCUT2D eigenvalue weighted by molar-refractivity contribution is 7.79. The third-order valence-electron chi connectivity index (χ3n) is 1.20. The lowest BCUT2D eigenvalue weighted by molar-refractivity contribution is 0.469. The van der Waals surface area contributed by atoms with Gasteiger partial charge in [-0.3, -0.25) is 0 Å². The molecule has 0 rings (SSSR count). The summed E-state index contributed by atoms with van der Waals surface area (Å²) in [7, 11) is 0. The summed E-state index contributed by atoms with van der Waals surface area (Å²) in [5.41, 5.74) is -0.474. The SMILES string of the molecule is CC(C)(C#N)CCS(=O)O. The predicted molar refractivity (Wildman–Crippen MR) is 39.6 cm³/mol. The van der Waals surface area contributed by atoms with Crippen LogP contribution in [-0.4, -0.2) is 14.5 Å². The maximum absolute atomic E-state index is 10.2. The lowest BCUT2D eigenvalue weighted by Crippen LogP contribution is -2.12. The van der Waals surface area contributed by atoms with E-state index in [1.807, 2.05) is 0 Å². The minimum Gasteiger partial charge on any atom is -0.306 e. The smallest absolute Gasteiger partial charge is 0.152 e. The molecular formula is C6H11NO2S. The molecular weight excluding hydrogens is 150 g/mol. The molecule has 0 saturated carbocycles. The fourth-order valence-electron chi connectivity index (χ4n) is 0.398. The van der Waals surface area contributed by atoms with Gasteiger partial charge in [0.25, 0.3) is 0 Å². The van der Waals surface area contributed by atoms with Gasteiger partial charge in [-0.05, 0) is 20.3 Å². The van der Waals surface area contributed by atoms with E-state index in [9.17, 15) is 4.21 Å². The Kier molecular flexibility index (Phi) is 3.54. The zero-order chi connectivity index (χ0) is 8.20. The second-order valence-electron chi connectivity index (χ2n) is 2.77. The molecule has 0 radical (unpaired) electrons. The molecule has 0 aliphatic heterocycles. The molecule has 0 aromatic heterocycles. The Balaban J connectivity index is 3.71. The maximum Gasteiger partial charge on any atom is 0.152 e. The summed E-state index contributed by atoms with van der Waals surface area (Å²) in [4.78, 5) is 0. The summed E-state index contributed by atoms with van der Waals surface area (Å²) in [6.45, 7) is 3.50. The van der Waals surface area contributed by atoms with E-state index in [2.05, 4.69) is 6.07 Å². The molecule has 4 heteroatoms. The monoisotopic (exact) mass is 161 g/mol. The van der Waals surface area contributed by atoms with Crippen LogP contribution in [0.15, 0.2) is 0 Å². The predicted octanol–water partition coefficient (Wildman–Crippen LogP) is 1.15. The fraction of sp³-hybridized carbons (Fsp3) is 0.833. The van der Waals surface area contributed by atoms with E-state index in [1.165, 1.54) is 0 Å². The van der Waals surface area contributed by atoms with Crippen molar-refractivity contribution in [2.24, 2.45) is 5.41 Å². The zero-order valence-corrected chi connectivity index (χ0v) is 6.94. The van der Waals surface area contributed by atoms with Crippen LogP contribution in [0.25, 0.3) is 0 Å². The van der Waals surface area contributed by atoms with Gasteiger partial charge in [0.1, 0.15) is 0 Å². The molecule has 0 aromatic rings. The Hall–Kier alpha value is -0.400. The van der Waals surface area contributed by atoms with E-state index in [0.717, 1.165) is 0 Å². The molecule has 0 aromatic carbocycles. The minimum atomic E-state index is -1.76. The summed E-state index contributed by atoms with van der Waals surface area (Å²) in [5, 5.41) is 8.48. The quantitative estimate of drug-likeness (QED) is 0.631. The molecule has 58 valence electrons. The van der Waals surface area contributed by atoms with Crippen molar-refractivity contribution in [2.75, 3.05) is 5.75 Å². The van der Waals surface area contributed by atoms with Crippen molar-refractivity contribution >= 4 is 11.1 Å². The molecule has 1 unspecified atom stereocenters. The van der Waals surface area contributed by atoms with Crippen LogP contribution in [0.1, 0.15) is 20.3 Å². The lowest BCUT2D eigenvalue weighted by atomic mass is 9.93. The molecule has 0 aliphatic carbocycles. The number of nitrogens with zero attached hydrogens (tertiary/aromatic N) is 1. The minimum absolute atomic E-state index is 0.181. The van der Waals surface area contributed by atoms with Gasteiger partial charge in [0.2, 0.25) is 0 Å². The summed E-state index contributed by atoms with van der Waals surface area (Å²) < 4.78 is 18.5. The van der Waals surface area contributed by atoms with Crippen molar-refractivity contribution in [2.45, 2.75) is 20.3 Å². The first-order chi connectivity index (χ1) is 4.48. The van der Waals surface area contributed by atoms with Crippen LogP contribution in [-0.2, 0) is 11.1 Å². The van der Waals surface area contributed by atoms with Crippen LogP contribution in [0.4, 0.5) is 0 Å². The summed E-state index contributed by atoms with van der Waals surface area (Å²) in [6.07, 6.45) is 0.465. The lowest BCUT2D eigenvalue weighted by Gasteiger charge is -2.11.